The van der Waals surface area contributed by atoms with Crippen LogP contribution in [0.2, 0.25) is 0 Å². The summed E-state index contributed by atoms with van der Waals surface area (Å²) in [6, 6.07) is 0. The number of fused-ring (bicyclic) bond motifs is 5. The van der Waals surface area contributed by atoms with Crippen LogP contribution in [0.4, 0.5) is 0 Å². The summed E-state index contributed by atoms with van der Waals surface area (Å²) in [5.41, 5.74) is 2.27. The number of methoxy groups -OCH3 is 1. The molecule has 7 nitrogen and oxygen atoms in total. The van der Waals surface area contributed by atoms with Crippen LogP contribution in [0.1, 0.15) is 131 Å². The summed E-state index contributed by atoms with van der Waals surface area (Å²) in [4.78, 5) is 24.9. The van der Waals surface area contributed by atoms with Gasteiger partial charge in [-0.1, -0.05) is 65.5 Å². The molecule has 3 fully saturated rings. The number of rotatable bonds is 20. The summed E-state index contributed by atoms with van der Waals surface area (Å²) < 4.78 is 27.2. The van der Waals surface area contributed by atoms with Crippen LogP contribution in [0.5, 0.6) is 0 Å². The van der Waals surface area contributed by atoms with E-state index < -0.39 is 0 Å². The van der Waals surface area contributed by atoms with E-state index in [2.05, 4.69) is 40.7 Å². The first-order valence-corrected chi connectivity index (χ1v) is 19.3. The Morgan fingerprint density at radius 1 is 0.809 bits per heavy atom. The molecule has 4 aliphatic carbocycles. The van der Waals surface area contributed by atoms with Gasteiger partial charge in [0.25, 0.3) is 0 Å². The van der Waals surface area contributed by atoms with Crippen molar-refractivity contribution >= 4 is 11.9 Å². The van der Waals surface area contributed by atoms with Gasteiger partial charge in [0.15, 0.2) is 0 Å². The van der Waals surface area contributed by atoms with Crippen molar-refractivity contribution in [3.8, 4) is 0 Å². The molecule has 0 aliphatic heterocycles. The molecule has 4 rings (SSSR count). The zero-order valence-electron chi connectivity index (χ0n) is 30.8. The Morgan fingerprint density at radius 3 is 2.26 bits per heavy atom. The average Bonchev–Trinajstić information content (AvgIpc) is 3.40. The van der Waals surface area contributed by atoms with Crippen LogP contribution in [-0.2, 0) is 33.3 Å². The Kier molecular flexibility index (Phi) is 15.1. The first kappa shape index (κ1) is 38.4. The van der Waals surface area contributed by atoms with Crippen molar-refractivity contribution in [1.82, 2.24) is 0 Å². The minimum atomic E-state index is -0.357. The van der Waals surface area contributed by atoms with Gasteiger partial charge in [0.1, 0.15) is 6.10 Å². The molecular formula is C40H68O7. The summed E-state index contributed by atoms with van der Waals surface area (Å²) in [6.07, 6.45) is 17.9. The van der Waals surface area contributed by atoms with E-state index in [1.807, 2.05) is 0 Å². The molecule has 8 atom stereocenters. The van der Waals surface area contributed by atoms with E-state index in [1.165, 1.54) is 56.9 Å². The van der Waals surface area contributed by atoms with Gasteiger partial charge in [-0.3, -0.25) is 9.59 Å². The van der Waals surface area contributed by atoms with Crippen molar-refractivity contribution in [3.05, 3.63) is 11.6 Å². The maximum absolute atomic E-state index is 12.7. The quantitative estimate of drug-likeness (QED) is 0.0734. The maximum Gasteiger partial charge on any atom is 0.306 e. The topological polar surface area (TPSA) is 80.3 Å². The Hall–Kier alpha value is -1.44. The van der Waals surface area contributed by atoms with Gasteiger partial charge in [-0.05, 0) is 97.7 Å². The second-order valence-corrected chi connectivity index (χ2v) is 16.3. The second-order valence-electron chi connectivity index (χ2n) is 16.3. The fourth-order valence-electron chi connectivity index (χ4n) is 10.2. The van der Waals surface area contributed by atoms with Gasteiger partial charge in [0.2, 0.25) is 0 Å². The van der Waals surface area contributed by atoms with Gasteiger partial charge in [-0.2, -0.15) is 0 Å². The van der Waals surface area contributed by atoms with Crippen LogP contribution in [0.3, 0.4) is 0 Å². The van der Waals surface area contributed by atoms with Gasteiger partial charge < -0.3 is 23.7 Å². The molecule has 3 unspecified atom stereocenters. The number of hydrogen-bond donors (Lipinski definition) is 0. The van der Waals surface area contributed by atoms with Gasteiger partial charge in [0, 0.05) is 39.8 Å². The third kappa shape index (κ3) is 10.3. The maximum atomic E-state index is 12.7. The minimum absolute atomic E-state index is 0.0589. The number of ether oxygens (including phenoxy) is 5. The van der Waals surface area contributed by atoms with E-state index in [9.17, 15) is 9.59 Å². The molecule has 0 bridgehead atoms. The molecule has 47 heavy (non-hydrogen) atoms. The largest absolute Gasteiger partial charge is 0.466 e. The molecular weight excluding hydrogens is 592 g/mol. The highest BCUT2D eigenvalue weighted by Gasteiger charge is 2.59. The summed E-state index contributed by atoms with van der Waals surface area (Å²) in [7, 11) is 1.68. The molecule has 0 aromatic carbocycles. The Balaban J connectivity index is 1.15. The van der Waals surface area contributed by atoms with E-state index in [0.717, 1.165) is 61.2 Å². The number of esters is 2. The molecule has 0 heterocycles. The Morgan fingerprint density at radius 2 is 1.53 bits per heavy atom. The molecule has 0 aromatic rings. The average molecular weight is 661 g/mol. The lowest BCUT2D eigenvalue weighted by Crippen LogP contribution is -2.51. The first-order valence-electron chi connectivity index (χ1n) is 19.3. The highest BCUT2D eigenvalue weighted by atomic mass is 16.5. The lowest BCUT2D eigenvalue weighted by molar-refractivity contribution is -0.155. The van der Waals surface area contributed by atoms with E-state index in [1.54, 1.807) is 7.11 Å². The Bertz CT molecular complexity index is 1010. The van der Waals surface area contributed by atoms with Crippen molar-refractivity contribution in [2.24, 2.45) is 46.3 Å². The van der Waals surface area contributed by atoms with Crippen LogP contribution in [0.15, 0.2) is 11.6 Å². The SMILES string of the molecule is COCCCOCCOCCCOC(=O)CCC(=O)O[C@H]1CC[C@@]2(C)C(=CCC3C2CC[C@@]2(C)C3CC[C@@H]2[C@H](C)CCCC(C)C)C1. The Labute approximate surface area is 286 Å². The van der Waals surface area contributed by atoms with Gasteiger partial charge >= 0.3 is 11.9 Å². The van der Waals surface area contributed by atoms with Gasteiger partial charge in [-0.25, -0.2) is 0 Å². The smallest absolute Gasteiger partial charge is 0.306 e. The van der Waals surface area contributed by atoms with Crippen molar-refractivity contribution in [3.63, 3.8) is 0 Å². The standard InChI is InChI=1S/C40H68O7/c1-29(2)10-7-11-30(3)34-14-15-35-33-13-12-31-28-32(18-20-39(31,4)36(33)19-21-40(34,35)5)47-38(42)17-16-37(41)46-25-9-24-45-27-26-44-23-8-22-43-6/h12,29-30,32-36H,7-11,13-28H2,1-6H3/t30-,32+,33?,34-,35?,36?,39+,40-/m1/s1. The van der Waals surface area contributed by atoms with Crippen LogP contribution < -0.4 is 0 Å². The third-order valence-corrected chi connectivity index (χ3v) is 12.8. The number of allylic oxidation sites excluding steroid dienone is 1. The summed E-state index contributed by atoms with van der Waals surface area (Å²) >= 11 is 0. The normalized spacial score (nSPS) is 32.2. The van der Waals surface area contributed by atoms with Crippen molar-refractivity contribution in [2.45, 2.75) is 137 Å². The monoisotopic (exact) mass is 660 g/mol. The zero-order chi connectivity index (χ0) is 33.9. The molecule has 0 amide bonds. The van der Waals surface area contributed by atoms with E-state index in [-0.39, 0.29) is 42.9 Å². The van der Waals surface area contributed by atoms with Crippen LogP contribution in [-0.4, -0.2) is 64.8 Å². The van der Waals surface area contributed by atoms with Crippen LogP contribution in [0, 0.1) is 46.3 Å². The van der Waals surface area contributed by atoms with Crippen molar-refractivity contribution in [1.29, 1.82) is 0 Å². The van der Waals surface area contributed by atoms with E-state index >= 15 is 0 Å². The van der Waals surface area contributed by atoms with Crippen molar-refractivity contribution in [2.75, 3.05) is 46.8 Å². The summed E-state index contributed by atoms with van der Waals surface area (Å²) in [5.74, 6) is 4.30. The third-order valence-electron chi connectivity index (χ3n) is 12.8. The highest BCUT2D eigenvalue weighted by molar-refractivity contribution is 5.77. The molecule has 0 spiro atoms. The molecule has 0 N–H and O–H groups in total. The number of carbonyl (C=O) groups is 2. The molecule has 4 aliphatic rings. The molecule has 270 valence electrons. The zero-order valence-corrected chi connectivity index (χ0v) is 30.8. The van der Waals surface area contributed by atoms with Gasteiger partial charge in [0.05, 0.1) is 32.7 Å². The lowest BCUT2D eigenvalue weighted by atomic mass is 9.47. The minimum Gasteiger partial charge on any atom is -0.466 e. The van der Waals surface area contributed by atoms with Crippen LogP contribution >= 0.6 is 0 Å². The highest BCUT2D eigenvalue weighted by Crippen LogP contribution is 2.67. The van der Waals surface area contributed by atoms with Crippen LogP contribution in [0.25, 0.3) is 0 Å². The van der Waals surface area contributed by atoms with Crippen molar-refractivity contribution < 1.29 is 33.3 Å². The molecule has 7 heteroatoms. The summed E-state index contributed by atoms with van der Waals surface area (Å²) in [6.45, 7) is 15.7. The predicted molar refractivity (Wildman–Crippen MR) is 186 cm³/mol. The second kappa shape index (κ2) is 18.5. The van der Waals surface area contributed by atoms with E-state index in [0.29, 0.717) is 44.9 Å². The molecule has 3 saturated carbocycles. The molecule has 0 saturated heterocycles. The van der Waals surface area contributed by atoms with Gasteiger partial charge in [-0.15, -0.1) is 0 Å². The summed E-state index contributed by atoms with van der Waals surface area (Å²) in [5, 5.41) is 0. The molecule has 0 aromatic heterocycles. The number of hydrogen-bond acceptors (Lipinski definition) is 7. The first-order chi connectivity index (χ1) is 22.6. The number of carbonyl (C=O) groups excluding carboxylic acids is 2. The predicted octanol–water partition coefficient (Wildman–Crippen LogP) is 8.72. The fraction of sp³-hybridized carbons (Fsp3) is 0.900. The lowest BCUT2D eigenvalue weighted by Gasteiger charge is -2.58. The van der Waals surface area contributed by atoms with E-state index in [4.69, 9.17) is 23.7 Å². The molecule has 0 radical (unpaired) electrons. The fourth-order valence-corrected chi connectivity index (χ4v) is 10.2.